The first-order chi connectivity index (χ1) is 9.73. The zero-order valence-electron chi connectivity index (χ0n) is 13.8. The molecule has 0 spiro atoms. The van der Waals surface area contributed by atoms with E-state index in [4.69, 9.17) is 4.74 Å². The van der Waals surface area contributed by atoms with Crippen molar-refractivity contribution in [2.45, 2.75) is 65.5 Å². The predicted octanol–water partition coefficient (Wildman–Crippen LogP) is 2.76. The Morgan fingerprint density at radius 1 is 1.33 bits per heavy atom. The summed E-state index contributed by atoms with van der Waals surface area (Å²) in [6.45, 7) is 9.69. The number of hydrogen-bond donors (Lipinski definition) is 2. The molecule has 0 aliphatic heterocycles. The fourth-order valence-electron chi connectivity index (χ4n) is 2.02. The normalized spacial score (nSPS) is 17.1. The zero-order chi connectivity index (χ0) is 16.0. The van der Waals surface area contributed by atoms with Crippen LogP contribution < -0.4 is 10.6 Å². The van der Waals surface area contributed by atoms with Gasteiger partial charge in [0, 0.05) is 18.2 Å². The van der Waals surface area contributed by atoms with Crippen LogP contribution in [-0.2, 0) is 9.53 Å². The Bertz CT molecular complexity index is 406. The van der Waals surface area contributed by atoms with E-state index in [2.05, 4.69) is 10.6 Å². The van der Waals surface area contributed by atoms with Gasteiger partial charge in [-0.1, -0.05) is 13.0 Å². The summed E-state index contributed by atoms with van der Waals surface area (Å²) >= 11 is 0. The third-order valence-electron chi connectivity index (χ3n) is 3.24. The van der Waals surface area contributed by atoms with Crippen molar-refractivity contribution in [1.82, 2.24) is 10.6 Å². The van der Waals surface area contributed by atoms with Gasteiger partial charge in [0.1, 0.15) is 5.60 Å². The maximum atomic E-state index is 12.0. The van der Waals surface area contributed by atoms with Crippen LogP contribution in [-0.4, -0.2) is 30.2 Å². The molecule has 1 atom stereocenters. The van der Waals surface area contributed by atoms with Gasteiger partial charge in [-0.15, -0.1) is 0 Å². The SMILES string of the molecule is CC/C=C(\C)C(=O)N[C@@H](CNC(=O)OC(C)(C)C)C1CC1. The van der Waals surface area contributed by atoms with Crippen molar-refractivity contribution >= 4 is 12.0 Å². The Morgan fingerprint density at radius 3 is 2.43 bits per heavy atom. The Hall–Kier alpha value is -1.52. The maximum Gasteiger partial charge on any atom is 0.407 e. The second kappa shape index (κ2) is 7.48. The molecule has 1 fully saturated rings. The molecule has 0 aromatic rings. The lowest BCUT2D eigenvalue weighted by Gasteiger charge is -2.22. The molecule has 0 radical (unpaired) electrons. The molecule has 0 saturated heterocycles. The van der Waals surface area contributed by atoms with Crippen molar-refractivity contribution in [1.29, 1.82) is 0 Å². The van der Waals surface area contributed by atoms with Crippen LogP contribution in [0.4, 0.5) is 4.79 Å². The molecule has 1 saturated carbocycles. The van der Waals surface area contributed by atoms with Crippen LogP contribution in [0.3, 0.4) is 0 Å². The van der Waals surface area contributed by atoms with Gasteiger partial charge in [0.05, 0.1) is 0 Å². The molecule has 0 bridgehead atoms. The Labute approximate surface area is 127 Å². The molecule has 120 valence electrons. The summed E-state index contributed by atoms with van der Waals surface area (Å²) in [5.74, 6) is 0.401. The molecule has 2 amide bonds. The van der Waals surface area contributed by atoms with Crippen molar-refractivity contribution in [3.8, 4) is 0 Å². The summed E-state index contributed by atoms with van der Waals surface area (Å²) in [7, 11) is 0. The Balaban J connectivity index is 2.46. The van der Waals surface area contributed by atoms with Crippen LogP contribution in [0.2, 0.25) is 0 Å². The van der Waals surface area contributed by atoms with Crippen molar-refractivity contribution in [3.05, 3.63) is 11.6 Å². The number of carbonyl (C=O) groups is 2. The number of nitrogens with one attached hydrogen (secondary N) is 2. The molecule has 1 rings (SSSR count). The molecule has 1 aliphatic carbocycles. The molecule has 21 heavy (non-hydrogen) atoms. The minimum atomic E-state index is -0.511. The quantitative estimate of drug-likeness (QED) is 0.741. The standard InChI is InChI=1S/C16H28N2O3/c1-6-7-11(2)14(19)18-13(12-8-9-12)10-17-15(20)21-16(3,4)5/h7,12-13H,6,8-10H2,1-5H3,(H,17,20)(H,18,19)/b11-7+/t13-/m0/s1. The van der Waals surface area contributed by atoms with Crippen molar-refractivity contribution in [2.24, 2.45) is 5.92 Å². The van der Waals surface area contributed by atoms with Gasteiger partial charge in [0.25, 0.3) is 0 Å². The fourth-order valence-corrected chi connectivity index (χ4v) is 2.02. The molecule has 0 aromatic heterocycles. The number of allylic oxidation sites excluding steroid dienone is 1. The van der Waals surface area contributed by atoms with E-state index in [-0.39, 0.29) is 11.9 Å². The highest BCUT2D eigenvalue weighted by atomic mass is 16.6. The molecular formula is C16H28N2O3. The molecule has 0 aromatic carbocycles. The first-order valence-corrected chi connectivity index (χ1v) is 7.67. The second-order valence-electron chi connectivity index (χ2n) is 6.60. The largest absolute Gasteiger partial charge is 0.444 e. The summed E-state index contributed by atoms with van der Waals surface area (Å²) < 4.78 is 5.21. The van der Waals surface area contributed by atoms with E-state index in [0.717, 1.165) is 24.8 Å². The molecule has 1 aliphatic rings. The van der Waals surface area contributed by atoms with Crippen molar-refractivity contribution < 1.29 is 14.3 Å². The first kappa shape index (κ1) is 17.5. The number of rotatable bonds is 6. The van der Waals surface area contributed by atoms with Gasteiger partial charge in [0.2, 0.25) is 5.91 Å². The molecule has 0 heterocycles. The van der Waals surface area contributed by atoms with Gasteiger partial charge >= 0.3 is 6.09 Å². The van der Waals surface area contributed by atoms with Gasteiger partial charge in [-0.05, 0) is 52.9 Å². The van der Waals surface area contributed by atoms with Gasteiger partial charge in [-0.25, -0.2) is 4.79 Å². The lowest BCUT2D eigenvalue weighted by atomic mass is 10.1. The minimum Gasteiger partial charge on any atom is -0.444 e. The number of hydrogen-bond acceptors (Lipinski definition) is 3. The maximum absolute atomic E-state index is 12.0. The molecule has 5 heteroatoms. The Morgan fingerprint density at radius 2 is 1.95 bits per heavy atom. The summed E-state index contributed by atoms with van der Waals surface area (Å²) in [4.78, 5) is 23.7. The average molecular weight is 296 g/mol. The van der Waals surface area contributed by atoms with E-state index in [1.54, 1.807) is 0 Å². The van der Waals surface area contributed by atoms with Crippen LogP contribution in [0.15, 0.2) is 11.6 Å². The second-order valence-corrected chi connectivity index (χ2v) is 6.60. The third kappa shape index (κ3) is 7.16. The van der Waals surface area contributed by atoms with E-state index in [9.17, 15) is 9.59 Å². The highest BCUT2D eigenvalue weighted by Crippen LogP contribution is 2.32. The van der Waals surface area contributed by atoms with Crippen LogP contribution >= 0.6 is 0 Å². The van der Waals surface area contributed by atoms with Crippen LogP contribution in [0.25, 0.3) is 0 Å². The highest BCUT2D eigenvalue weighted by molar-refractivity contribution is 5.93. The highest BCUT2D eigenvalue weighted by Gasteiger charge is 2.33. The van der Waals surface area contributed by atoms with E-state index in [0.29, 0.717) is 12.5 Å². The number of ether oxygens (including phenoxy) is 1. The zero-order valence-corrected chi connectivity index (χ0v) is 13.8. The average Bonchev–Trinajstić information content (AvgIpc) is 3.16. The number of alkyl carbamates (subject to hydrolysis) is 1. The monoisotopic (exact) mass is 296 g/mol. The van der Waals surface area contributed by atoms with E-state index in [1.165, 1.54) is 0 Å². The van der Waals surface area contributed by atoms with Crippen LogP contribution in [0.5, 0.6) is 0 Å². The molecule has 2 N–H and O–H groups in total. The molecule has 0 unspecified atom stereocenters. The van der Waals surface area contributed by atoms with Crippen LogP contribution in [0, 0.1) is 5.92 Å². The van der Waals surface area contributed by atoms with Crippen molar-refractivity contribution in [3.63, 3.8) is 0 Å². The first-order valence-electron chi connectivity index (χ1n) is 7.67. The summed E-state index contributed by atoms with van der Waals surface area (Å²) in [5.41, 5.74) is 0.212. The van der Waals surface area contributed by atoms with E-state index >= 15 is 0 Å². The lowest BCUT2D eigenvalue weighted by molar-refractivity contribution is -0.118. The lowest BCUT2D eigenvalue weighted by Crippen LogP contribution is -2.46. The molecular weight excluding hydrogens is 268 g/mol. The van der Waals surface area contributed by atoms with E-state index in [1.807, 2.05) is 40.7 Å². The Kier molecular flexibility index (Phi) is 6.24. The smallest absolute Gasteiger partial charge is 0.407 e. The summed E-state index contributed by atoms with van der Waals surface area (Å²) in [6, 6.07) is -0.0229. The van der Waals surface area contributed by atoms with Gasteiger partial charge in [-0.2, -0.15) is 0 Å². The van der Waals surface area contributed by atoms with Crippen LogP contribution in [0.1, 0.15) is 53.9 Å². The fraction of sp³-hybridized carbons (Fsp3) is 0.750. The third-order valence-corrected chi connectivity index (χ3v) is 3.24. The summed E-state index contributed by atoms with van der Waals surface area (Å²) in [5, 5.41) is 5.75. The van der Waals surface area contributed by atoms with Gasteiger partial charge in [0.15, 0.2) is 0 Å². The van der Waals surface area contributed by atoms with Gasteiger partial charge < -0.3 is 15.4 Å². The predicted molar refractivity (Wildman–Crippen MR) is 82.9 cm³/mol. The van der Waals surface area contributed by atoms with Gasteiger partial charge in [-0.3, -0.25) is 4.79 Å². The topological polar surface area (TPSA) is 67.4 Å². The minimum absolute atomic E-state index is 0.0229. The number of carbonyl (C=O) groups excluding carboxylic acids is 2. The number of amides is 2. The van der Waals surface area contributed by atoms with E-state index < -0.39 is 11.7 Å². The van der Waals surface area contributed by atoms with Crippen molar-refractivity contribution in [2.75, 3.05) is 6.54 Å². The molecule has 5 nitrogen and oxygen atoms in total. The summed E-state index contributed by atoms with van der Waals surface area (Å²) in [6.07, 6.45) is 4.49.